The van der Waals surface area contributed by atoms with Crippen LogP contribution in [0.3, 0.4) is 0 Å². The first-order valence-corrected chi connectivity index (χ1v) is 10.5. The molecule has 2 aromatic rings. The number of hydrogen-bond acceptors (Lipinski definition) is 4. The maximum atomic E-state index is 13.1. The number of nitrogens with one attached hydrogen (secondary N) is 1. The summed E-state index contributed by atoms with van der Waals surface area (Å²) in [6, 6.07) is 5.92. The van der Waals surface area contributed by atoms with E-state index in [1.54, 1.807) is 11.3 Å². The van der Waals surface area contributed by atoms with Crippen LogP contribution in [0.1, 0.15) is 50.9 Å². The predicted molar refractivity (Wildman–Crippen MR) is 109 cm³/mol. The van der Waals surface area contributed by atoms with Crippen molar-refractivity contribution >= 4 is 33.2 Å². The molecule has 1 fully saturated rings. The van der Waals surface area contributed by atoms with Crippen LogP contribution in [0.5, 0.6) is 5.75 Å². The Morgan fingerprint density at radius 1 is 1.26 bits per heavy atom. The summed E-state index contributed by atoms with van der Waals surface area (Å²) in [5.41, 5.74) is 0.630. The molecule has 3 rings (SSSR count). The monoisotopic (exact) mass is 388 g/mol. The van der Waals surface area contributed by atoms with Crippen LogP contribution in [-0.4, -0.2) is 41.9 Å². The molecule has 1 aliphatic heterocycles. The molecular formula is C21H28N2O3S. The number of carbonyl (C=O) groups is 2. The summed E-state index contributed by atoms with van der Waals surface area (Å²) in [6.45, 7) is 9.03. The Morgan fingerprint density at radius 2 is 2.04 bits per heavy atom. The third-order valence-electron chi connectivity index (χ3n) is 4.65. The molecule has 5 nitrogen and oxygen atoms in total. The number of rotatable bonds is 5. The first-order valence-electron chi connectivity index (χ1n) is 9.62. The lowest BCUT2D eigenvalue weighted by atomic mass is 9.96. The van der Waals surface area contributed by atoms with Crippen molar-refractivity contribution in [1.29, 1.82) is 0 Å². The predicted octanol–water partition coefficient (Wildman–Crippen LogP) is 4.07. The number of benzene rings is 1. The third kappa shape index (κ3) is 4.61. The lowest BCUT2D eigenvalue weighted by molar-refractivity contribution is -0.126. The van der Waals surface area contributed by atoms with Gasteiger partial charge < -0.3 is 15.0 Å². The van der Waals surface area contributed by atoms with Crippen molar-refractivity contribution in [2.75, 3.05) is 13.1 Å². The van der Waals surface area contributed by atoms with E-state index in [0.29, 0.717) is 18.7 Å². The minimum atomic E-state index is -0.137. The van der Waals surface area contributed by atoms with Gasteiger partial charge in [0.05, 0.1) is 12.0 Å². The molecule has 1 N–H and O–H groups in total. The molecule has 2 amide bonds. The molecule has 1 saturated heterocycles. The molecule has 1 atom stereocenters. The maximum Gasteiger partial charge on any atom is 0.254 e. The standard InChI is InChI=1S/C21H28N2O3S/c1-13(2)22-20(24)15-6-5-8-23(12-15)21(25)16-10-18(26-14(3)4)17-7-9-27-19(17)11-16/h7,9-11,13-15H,5-6,8,12H2,1-4H3,(H,22,24). The smallest absolute Gasteiger partial charge is 0.254 e. The van der Waals surface area contributed by atoms with Crippen molar-refractivity contribution < 1.29 is 14.3 Å². The lowest BCUT2D eigenvalue weighted by Crippen LogP contribution is -2.46. The zero-order valence-corrected chi connectivity index (χ0v) is 17.3. The first-order chi connectivity index (χ1) is 12.8. The summed E-state index contributed by atoms with van der Waals surface area (Å²) in [7, 11) is 0. The largest absolute Gasteiger partial charge is 0.490 e. The minimum Gasteiger partial charge on any atom is -0.490 e. The molecule has 6 heteroatoms. The van der Waals surface area contributed by atoms with E-state index in [4.69, 9.17) is 4.74 Å². The van der Waals surface area contributed by atoms with E-state index >= 15 is 0 Å². The van der Waals surface area contributed by atoms with Gasteiger partial charge in [-0.1, -0.05) is 0 Å². The fourth-order valence-corrected chi connectivity index (χ4v) is 4.32. The van der Waals surface area contributed by atoms with Gasteiger partial charge in [0.2, 0.25) is 5.91 Å². The number of amides is 2. The summed E-state index contributed by atoms with van der Waals surface area (Å²) in [5.74, 6) is 0.626. The zero-order chi connectivity index (χ0) is 19.6. The summed E-state index contributed by atoms with van der Waals surface area (Å²) in [5, 5.41) is 6.02. The number of nitrogens with zero attached hydrogens (tertiary/aromatic N) is 1. The molecule has 0 aliphatic carbocycles. The van der Waals surface area contributed by atoms with E-state index in [0.717, 1.165) is 28.7 Å². The number of piperidine rings is 1. The molecular weight excluding hydrogens is 360 g/mol. The fourth-order valence-electron chi connectivity index (χ4n) is 3.47. The highest BCUT2D eigenvalue weighted by atomic mass is 32.1. The van der Waals surface area contributed by atoms with Crippen molar-refractivity contribution in [2.24, 2.45) is 5.92 Å². The minimum absolute atomic E-state index is 0.0269. The van der Waals surface area contributed by atoms with Crippen LogP contribution < -0.4 is 10.1 Å². The molecule has 1 aromatic heterocycles. The Morgan fingerprint density at radius 3 is 2.74 bits per heavy atom. The van der Waals surface area contributed by atoms with Crippen molar-refractivity contribution in [2.45, 2.75) is 52.7 Å². The highest BCUT2D eigenvalue weighted by Crippen LogP contribution is 2.33. The van der Waals surface area contributed by atoms with E-state index in [1.165, 1.54) is 0 Å². The zero-order valence-electron chi connectivity index (χ0n) is 16.5. The van der Waals surface area contributed by atoms with E-state index < -0.39 is 0 Å². The first kappa shape index (κ1) is 19.7. The number of thiophene rings is 1. The normalized spacial score (nSPS) is 17.6. The second kappa shape index (κ2) is 8.30. The van der Waals surface area contributed by atoms with E-state index in [1.807, 2.05) is 56.2 Å². The topological polar surface area (TPSA) is 58.6 Å². The van der Waals surface area contributed by atoms with E-state index in [-0.39, 0.29) is 29.9 Å². The van der Waals surface area contributed by atoms with Gasteiger partial charge in [0.25, 0.3) is 5.91 Å². The molecule has 1 aromatic carbocycles. The number of ether oxygens (including phenoxy) is 1. The average Bonchev–Trinajstić information content (AvgIpc) is 3.09. The van der Waals surface area contributed by atoms with Crippen molar-refractivity contribution in [3.8, 4) is 5.75 Å². The highest BCUT2D eigenvalue weighted by Gasteiger charge is 2.29. The molecule has 146 valence electrons. The number of likely N-dealkylation sites (tertiary alicyclic amines) is 1. The quantitative estimate of drug-likeness (QED) is 0.840. The highest BCUT2D eigenvalue weighted by molar-refractivity contribution is 7.17. The second-order valence-electron chi connectivity index (χ2n) is 7.73. The second-order valence-corrected chi connectivity index (χ2v) is 8.67. The molecule has 0 saturated carbocycles. The van der Waals surface area contributed by atoms with Crippen LogP contribution in [0, 0.1) is 5.92 Å². The Hall–Kier alpha value is -2.08. The summed E-state index contributed by atoms with van der Waals surface area (Å²) in [6.07, 6.45) is 1.71. The fraction of sp³-hybridized carbons (Fsp3) is 0.524. The van der Waals surface area contributed by atoms with Crippen LogP contribution in [0.15, 0.2) is 23.6 Å². The van der Waals surface area contributed by atoms with Crippen LogP contribution in [0.4, 0.5) is 0 Å². The van der Waals surface area contributed by atoms with Gasteiger partial charge in [-0.2, -0.15) is 0 Å². The molecule has 1 unspecified atom stereocenters. The average molecular weight is 389 g/mol. The van der Waals surface area contributed by atoms with Crippen molar-refractivity contribution in [3.05, 3.63) is 29.1 Å². The van der Waals surface area contributed by atoms with Gasteiger partial charge in [0, 0.05) is 34.8 Å². The molecule has 1 aliphatic rings. The summed E-state index contributed by atoms with van der Waals surface area (Å²) < 4.78 is 6.98. The summed E-state index contributed by atoms with van der Waals surface area (Å²) in [4.78, 5) is 27.3. The molecule has 0 radical (unpaired) electrons. The van der Waals surface area contributed by atoms with Gasteiger partial charge in [0.15, 0.2) is 0 Å². The van der Waals surface area contributed by atoms with Crippen LogP contribution in [0.25, 0.3) is 10.1 Å². The van der Waals surface area contributed by atoms with Gasteiger partial charge in [-0.25, -0.2) is 0 Å². The number of carbonyl (C=O) groups excluding carboxylic acids is 2. The number of fused-ring (bicyclic) bond motifs is 1. The molecule has 27 heavy (non-hydrogen) atoms. The number of hydrogen-bond donors (Lipinski definition) is 1. The van der Waals surface area contributed by atoms with Crippen LogP contribution in [-0.2, 0) is 4.79 Å². The van der Waals surface area contributed by atoms with E-state index in [9.17, 15) is 9.59 Å². The molecule has 0 bridgehead atoms. The Kier molecular flexibility index (Phi) is 6.05. The van der Waals surface area contributed by atoms with Gasteiger partial charge in [-0.05, 0) is 64.1 Å². The van der Waals surface area contributed by atoms with Crippen LogP contribution >= 0.6 is 11.3 Å². The Labute approximate surface area is 164 Å². The van der Waals surface area contributed by atoms with Gasteiger partial charge in [-0.3, -0.25) is 9.59 Å². The SMILES string of the molecule is CC(C)NC(=O)C1CCCN(C(=O)c2cc(OC(C)C)c3ccsc3c2)C1. The molecule has 0 spiro atoms. The maximum absolute atomic E-state index is 13.1. The van der Waals surface area contributed by atoms with Gasteiger partial charge >= 0.3 is 0 Å². The van der Waals surface area contributed by atoms with E-state index in [2.05, 4.69) is 5.32 Å². The van der Waals surface area contributed by atoms with Crippen molar-refractivity contribution in [3.63, 3.8) is 0 Å². The summed E-state index contributed by atoms with van der Waals surface area (Å²) >= 11 is 1.60. The Bertz CT molecular complexity index is 828. The third-order valence-corrected chi connectivity index (χ3v) is 5.52. The van der Waals surface area contributed by atoms with Gasteiger partial charge in [-0.15, -0.1) is 11.3 Å². The lowest BCUT2D eigenvalue weighted by Gasteiger charge is -2.32. The Balaban J connectivity index is 1.81. The van der Waals surface area contributed by atoms with Gasteiger partial charge in [0.1, 0.15) is 5.75 Å². The van der Waals surface area contributed by atoms with Crippen LogP contribution in [0.2, 0.25) is 0 Å². The molecule has 2 heterocycles. The van der Waals surface area contributed by atoms with Crippen molar-refractivity contribution in [1.82, 2.24) is 10.2 Å².